The zero-order chi connectivity index (χ0) is 29.1. The second kappa shape index (κ2) is 17.6. The molecule has 42 heavy (non-hydrogen) atoms. The predicted molar refractivity (Wildman–Crippen MR) is 231 cm³/mol. The van der Waals surface area contributed by atoms with E-state index in [0.29, 0.717) is 0 Å². The molecule has 6 aliphatic rings. The topological polar surface area (TPSA) is 0 Å². The number of hydrogen-bond acceptors (Lipinski definition) is 16. The van der Waals surface area contributed by atoms with Crippen molar-refractivity contribution in [2.45, 2.75) is 53.4 Å². The summed E-state index contributed by atoms with van der Waals surface area (Å²) in [7, 11) is 0. The third kappa shape index (κ3) is 8.73. The summed E-state index contributed by atoms with van der Waals surface area (Å²) in [6.45, 7) is 9.14. The van der Waals surface area contributed by atoms with Gasteiger partial charge in [-0.15, -0.1) is 47.0 Å². The highest BCUT2D eigenvalue weighted by Gasteiger charge is 2.40. The summed E-state index contributed by atoms with van der Waals surface area (Å²) < 4.78 is 21.2. The summed E-state index contributed by atoms with van der Waals surface area (Å²) in [6.07, 6.45) is 4.94. The van der Waals surface area contributed by atoms with Crippen molar-refractivity contribution in [1.29, 1.82) is 0 Å². The lowest BCUT2D eigenvalue weighted by Crippen LogP contribution is -1.77. The molecule has 6 rings (SSSR count). The maximum atomic E-state index is 2.28. The molecular weight excluding hydrogens is 825 g/mol. The van der Waals surface area contributed by atoms with Gasteiger partial charge in [-0.2, -0.15) is 0 Å². The van der Waals surface area contributed by atoms with Crippen LogP contribution in [-0.2, 0) is 0 Å². The number of thioether (sulfide) groups is 16. The Morgan fingerprint density at radius 1 is 0.286 bits per heavy atom. The normalized spacial score (nSPS) is 22.6. The van der Waals surface area contributed by atoms with Gasteiger partial charge in [-0.25, -0.2) is 0 Å². The van der Waals surface area contributed by atoms with E-state index in [4.69, 9.17) is 0 Å². The van der Waals surface area contributed by atoms with E-state index >= 15 is 0 Å². The lowest BCUT2D eigenvalue weighted by Gasteiger charge is -2.09. The molecule has 0 atom stereocenters. The van der Waals surface area contributed by atoms with Crippen molar-refractivity contribution in [2.24, 2.45) is 0 Å². The first kappa shape index (κ1) is 35.6. The minimum Gasteiger partial charge on any atom is -0.117 e. The molecule has 0 spiro atoms. The zero-order valence-corrected chi connectivity index (χ0v) is 36.3. The van der Waals surface area contributed by atoms with Gasteiger partial charge in [0.1, 0.15) is 0 Å². The van der Waals surface area contributed by atoms with Gasteiger partial charge in [0.2, 0.25) is 0 Å². The van der Waals surface area contributed by atoms with E-state index in [-0.39, 0.29) is 0 Å². The largest absolute Gasteiger partial charge is 0.117 e. The summed E-state index contributed by atoms with van der Waals surface area (Å²) in [4.78, 5) is 0. The van der Waals surface area contributed by atoms with Crippen LogP contribution >= 0.6 is 188 Å². The van der Waals surface area contributed by atoms with Crippen LogP contribution in [0.4, 0.5) is 0 Å². The minimum atomic E-state index is 1.22. The van der Waals surface area contributed by atoms with Gasteiger partial charge in [0.25, 0.3) is 0 Å². The van der Waals surface area contributed by atoms with Gasteiger partial charge in [0.05, 0.1) is 59.3 Å². The predicted octanol–water partition coefficient (Wildman–Crippen LogP) is 16.3. The van der Waals surface area contributed by atoms with Crippen LogP contribution < -0.4 is 0 Å². The Hall–Kier alpha value is 3.78. The second-order valence-corrected chi connectivity index (χ2v) is 28.9. The fourth-order valence-corrected chi connectivity index (χ4v) is 28.3. The highest BCUT2D eigenvalue weighted by molar-refractivity contribution is 8.53. The molecule has 228 valence electrons. The second-order valence-electron chi connectivity index (χ2n) is 8.64. The van der Waals surface area contributed by atoms with Crippen LogP contribution in [0.2, 0.25) is 0 Å². The van der Waals surface area contributed by atoms with Crippen LogP contribution in [0.3, 0.4) is 0 Å². The smallest absolute Gasteiger partial charge is 0.0718 e. The Bertz CT molecular complexity index is 1140. The van der Waals surface area contributed by atoms with Crippen LogP contribution in [0, 0.1) is 0 Å². The van der Waals surface area contributed by atoms with E-state index in [1.165, 1.54) is 91.1 Å². The molecule has 0 bridgehead atoms. The molecule has 0 aromatic rings. The minimum absolute atomic E-state index is 1.22. The molecule has 16 heteroatoms. The van der Waals surface area contributed by atoms with E-state index in [2.05, 4.69) is 74.7 Å². The molecule has 0 fully saturated rings. The summed E-state index contributed by atoms with van der Waals surface area (Å²) in [5, 5.41) is 0. The fraction of sp³-hybridized carbons (Fsp3) is 0.462. The Kier molecular flexibility index (Phi) is 14.9. The molecule has 0 aromatic carbocycles. The molecule has 6 heterocycles. The Labute approximate surface area is 319 Å². The lowest BCUT2D eigenvalue weighted by molar-refractivity contribution is 1.11. The van der Waals surface area contributed by atoms with E-state index < -0.39 is 0 Å². The average Bonchev–Trinajstić information content (AvgIpc) is 3.81. The summed E-state index contributed by atoms with van der Waals surface area (Å²) in [5.41, 5.74) is 0. The van der Waals surface area contributed by atoms with Gasteiger partial charge in [-0.1, -0.05) is 169 Å². The van der Waals surface area contributed by atoms with Crippen molar-refractivity contribution in [3.63, 3.8) is 0 Å². The number of rotatable bonds is 12. The molecule has 0 saturated carbocycles. The maximum Gasteiger partial charge on any atom is 0.0718 e. The number of hydrogen-bond donors (Lipinski definition) is 0. The van der Waals surface area contributed by atoms with Crippen LogP contribution in [-0.4, -0.2) is 23.0 Å². The molecule has 0 radical (unpaired) electrons. The van der Waals surface area contributed by atoms with Crippen molar-refractivity contribution in [1.82, 2.24) is 0 Å². The third-order valence-electron chi connectivity index (χ3n) is 5.14. The van der Waals surface area contributed by atoms with Crippen molar-refractivity contribution < 1.29 is 0 Å². The first-order valence-electron chi connectivity index (χ1n) is 13.4. The van der Waals surface area contributed by atoms with Gasteiger partial charge >= 0.3 is 0 Å². The van der Waals surface area contributed by atoms with Crippen LogP contribution in [0.25, 0.3) is 0 Å². The summed E-state index contributed by atoms with van der Waals surface area (Å²) in [6, 6.07) is 0. The average molecular weight is 854 g/mol. The Morgan fingerprint density at radius 3 is 0.619 bits per heavy atom. The Morgan fingerprint density at radius 2 is 0.452 bits per heavy atom. The van der Waals surface area contributed by atoms with Crippen LogP contribution in [0.5, 0.6) is 0 Å². The van der Waals surface area contributed by atoms with Gasteiger partial charge < -0.3 is 0 Å². The van der Waals surface area contributed by atoms with E-state index in [1.54, 1.807) is 16.9 Å². The SMILES string of the molecule is CCCSC1=C(SCCC)SC(=C2SC3=C(S2)SC(=C2SC4=C(SC(=C5SC(SCCC)=C(SCCC)S5)S4)S2)S3)S1. The highest BCUT2D eigenvalue weighted by atomic mass is 32.3. The first-order valence-corrected chi connectivity index (χ1v) is 27.2. The van der Waals surface area contributed by atoms with Crippen LogP contribution in [0.1, 0.15) is 53.4 Å². The molecule has 0 saturated heterocycles. The first-order chi connectivity index (χ1) is 20.6. The standard InChI is InChI=1S/C26H28S16/c1-5-9-27-13-14(28-10-6-2)32-17(31-13)19-35-21-22(36-19)40-25(39-21)26-41-23-24(42-26)38-20(37-23)18-33-15(29-11-7-3)16(34-18)30-12-8-4/h5-12H2,1-4H3. The quantitative estimate of drug-likeness (QED) is 0.183. The van der Waals surface area contributed by atoms with E-state index in [0.717, 1.165) is 0 Å². The zero-order valence-electron chi connectivity index (χ0n) is 23.2. The summed E-state index contributed by atoms with van der Waals surface area (Å²) >= 11 is 32.5. The van der Waals surface area contributed by atoms with Crippen LogP contribution in [0.15, 0.2) is 59.3 Å². The van der Waals surface area contributed by atoms with Gasteiger partial charge in [-0.3, -0.25) is 0 Å². The molecule has 6 aliphatic heterocycles. The molecule has 0 amide bonds. The van der Waals surface area contributed by atoms with Crippen molar-refractivity contribution >= 4 is 188 Å². The third-order valence-corrected chi connectivity index (χ3v) is 29.8. The monoisotopic (exact) mass is 852 g/mol. The maximum absolute atomic E-state index is 2.28. The molecule has 0 unspecified atom stereocenters. The van der Waals surface area contributed by atoms with E-state index in [9.17, 15) is 0 Å². The van der Waals surface area contributed by atoms with Gasteiger partial charge in [0.15, 0.2) is 0 Å². The van der Waals surface area contributed by atoms with E-state index in [1.807, 2.05) is 141 Å². The lowest BCUT2D eigenvalue weighted by atomic mass is 10.6. The molecule has 0 N–H and O–H groups in total. The van der Waals surface area contributed by atoms with Crippen molar-refractivity contribution in [3.05, 3.63) is 59.3 Å². The van der Waals surface area contributed by atoms with Crippen molar-refractivity contribution in [3.8, 4) is 0 Å². The molecule has 0 aromatic heterocycles. The Balaban J connectivity index is 1.04. The van der Waals surface area contributed by atoms with Gasteiger partial charge in [0, 0.05) is 0 Å². The fourth-order valence-electron chi connectivity index (χ4n) is 3.35. The molecule has 0 aliphatic carbocycles. The highest BCUT2D eigenvalue weighted by Crippen LogP contribution is 2.76. The molecular formula is C26H28S16. The summed E-state index contributed by atoms with van der Waals surface area (Å²) in [5.74, 6) is 4.87. The van der Waals surface area contributed by atoms with Gasteiger partial charge in [-0.05, 0) is 48.7 Å². The van der Waals surface area contributed by atoms with Crippen molar-refractivity contribution in [2.75, 3.05) is 23.0 Å². The molecule has 0 nitrogen and oxygen atoms in total.